The van der Waals surface area contributed by atoms with Crippen LogP contribution in [0.15, 0.2) is 60.1 Å². The average Bonchev–Trinajstić information content (AvgIpc) is 3.53. The molecule has 2 fully saturated rings. The summed E-state index contributed by atoms with van der Waals surface area (Å²) >= 11 is 1.37. The maximum absolute atomic E-state index is 13.2. The number of aromatic amines is 1. The quantitative estimate of drug-likeness (QED) is 0.474. The van der Waals surface area contributed by atoms with Gasteiger partial charge in [0.1, 0.15) is 11.5 Å². The monoisotopic (exact) mass is 489 g/mol. The van der Waals surface area contributed by atoms with Crippen LogP contribution >= 0.6 is 11.3 Å². The minimum atomic E-state index is -0.263. The Morgan fingerprint density at radius 3 is 2.37 bits per heavy atom. The van der Waals surface area contributed by atoms with Crippen molar-refractivity contribution >= 4 is 34.1 Å². The molecule has 1 N–H and O–H groups in total. The van der Waals surface area contributed by atoms with Crippen molar-refractivity contribution in [3.05, 3.63) is 76.6 Å². The molecule has 4 aromatic rings. The molecule has 0 aliphatic carbocycles. The van der Waals surface area contributed by atoms with Crippen molar-refractivity contribution in [3.63, 3.8) is 0 Å². The summed E-state index contributed by atoms with van der Waals surface area (Å²) in [5.74, 6) is -0.258. The van der Waals surface area contributed by atoms with Gasteiger partial charge in [-0.2, -0.15) is 0 Å². The lowest BCUT2D eigenvalue weighted by Gasteiger charge is -2.47. The van der Waals surface area contributed by atoms with E-state index in [4.69, 9.17) is 0 Å². The standard InChI is InChI=1S/C26H24FN5O2S/c27-20-5-3-17(4-6-20)18-1-2-19-14-23(29-22(19)13-18)25(33)32-15-21(16-32)30-8-10-31(11-9-30)26(34)24-28-7-12-35-24/h1-7,12-14,21,29H,8-11,15-16H2. The first-order valence-electron chi connectivity index (χ1n) is 11.7. The Labute approximate surface area is 205 Å². The van der Waals surface area contributed by atoms with Gasteiger partial charge in [0.2, 0.25) is 0 Å². The molecule has 4 heterocycles. The van der Waals surface area contributed by atoms with Gasteiger partial charge in [-0.25, -0.2) is 9.37 Å². The lowest BCUT2D eigenvalue weighted by molar-refractivity contribution is 0.00827. The first kappa shape index (κ1) is 21.9. The van der Waals surface area contributed by atoms with E-state index >= 15 is 0 Å². The van der Waals surface area contributed by atoms with Gasteiger partial charge in [-0.15, -0.1) is 11.3 Å². The summed E-state index contributed by atoms with van der Waals surface area (Å²) in [4.78, 5) is 39.0. The highest BCUT2D eigenvalue weighted by molar-refractivity contribution is 7.11. The molecule has 2 saturated heterocycles. The van der Waals surface area contributed by atoms with Crippen LogP contribution in [-0.2, 0) is 0 Å². The molecule has 2 aromatic carbocycles. The van der Waals surface area contributed by atoms with E-state index < -0.39 is 0 Å². The number of aromatic nitrogens is 2. The van der Waals surface area contributed by atoms with E-state index in [2.05, 4.69) is 14.9 Å². The largest absolute Gasteiger partial charge is 0.351 e. The molecule has 35 heavy (non-hydrogen) atoms. The molecule has 178 valence electrons. The first-order chi connectivity index (χ1) is 17.0. The molecule has 2 amide bonds. The number of likely N-dealkylation sites (tertiary alicyclic amines) is 1. The van der Waals surface area contributed by atoms with E-state index in [0.717, 1.165) is 35.1 Å². The summed E-state index contributed by atoms with van der Waals surface area (Å²) in [6.07, 6.45) is 1.66. The number of carbonyl (C=O) groups is 2. The number of piperazine rings is 1. The van der Waals surface area contributed by atoms with Gasteiger partial charge in [0.25, 0.3) is 11.8 Å². The molecule has 7 nitrogen and oxygen atoms in total. The highest BCUT2D eigenvalue weighted by Crippen LogP contribution is 2.27. The lowest BCUT2D eigenvalue weighted by Crippen LogP contribution is -2.64. The molecule has 0 saturated carbocycles. The van der Waals surface area contributed by atoms with Crippen molar-refractivity contribution < 1.29 is 14.0 Å². The second-order valence-corrected chi connectivity index (χ2v) is 9.92. The minimum absolute atomic E-state index is 0.00151. The third-order valence-corrected chi connectivity index (χ3v) is 7.67. The Morgan fingerprint density at radius 1 is 0.914 bits per heavy atom. The first-order valence-corrected chi connectivity index (χ1v) is 12.5. The predicted octanol–water partition coefficient (Wildman–Crippen LogP) is 3.71. The second kappa shape index (κ2) is 8.90. The summed E-state index contributed by atoms with van der Waals surface area (Å²) < 4.78 is 13.2. The highest BCUT2D eigenvalue weighted by Gasteiger charge is 2.37. The molecule has 2 aromatic heterocycles. The molecule has 9 heteroatoms. The van der Waals surface area contributed by atoms with Gasteiger partial charge in [0, 0.05) is 67.8 Å². The van der Waals surface area contributed by atoms with Gasteiger partial charge in [-0.1, -0.05) is 24.3 Å². The lowest BCUT2D eigenvalue weighted by atomic mass is 10.0. The Bertz CT molecular complexity index is 1370. The van der Waals surface area contributed by atoms with Crippen LogP contribution in [0.2, 0.25) is 0 Å². The zero-order valence-corrected chi connectivity index (χ0v) is 19.8. The summed E-state index contributed by atoms with van der Waals surface area (Å²) in [5, 5.41) is 3.33. The van der Waals surface area contributed by atoms with Crippen LogP contribution in [-0.4, -0.2) is 81.8 Å². The van der Waals surface area contributed by atoms with Crippen LogP contribution in [0.5, 0.6) is 0 Å². The highest BCUT2D eigenvalue weighted by atomic mass is 32.1. The van der Waals surface area contributed by atoms with E-state index in [1.165, 1.54) is 23.5 Å². The molecule has 0 atom stereocenters. The molecule has 2 aliphatic heterocycles. The Balaban J connectivity index is 1.06. The Morgan fingerprint density at radius 2 is 1.66 bits per heavy atom. The smallest absolute Gasteiger partial charge is 0.282 e. The summed E-state index contributed by atoms with van der Waals surface area (Å²) in [6, 6.07) is 14.6. The third-order valence-electron chi connectivity index (χ3n) is 6.91. The molecule has 0 unspecified atom stereocenters. The molecule has 0 spiro atoms. The molecule has 6 rings (SSSR count). The molecular weight excluding hydrogens is 465 g/mol. The van der Waals surface area contributed by atoms with E-state index in [1.54, 1.807) is 18.3 Å². The number of nitrogens with zero attached hydrogens (tertiary/aromatic N) is 4. The number of amides is 2. The number of halogens is 1. The fourth-order valence-corrected chi connectivity index (χ4v) is 5.44. The fraction of sp³-hybridized carbons (Fsp3) is 0.269. The van der Waals surface area contributed by atoms with E-state index in [9.17, 15) is 14.0 Å². The van der Waals surface area contributed by atoms with Crippen LogP contribution in [0.25, 0.3) is 22.0 Å². The number of H-pyrrole nitrogens is 1. The maximum Gasteiger partial charge on any atom is 0.282 e. The minimum Gasteiger partial charge on any atom is -0.351 e. The van der Waals surface area contributed by atoms with Crippen LogP contribution in [0, 0.1) is 5.82 Å². The molecule has 2 aliphatic rings. The van der Waals surface area contributed by atoms with Crippen molar-refractivity contribution in [2.24, 2.45) is 0 Å². The number of hydrogen-bond acceptors (Lipinski definition) is 5. The van der Waals surface area contributed by atoms with Crippen LogP contribution in [0.1, 0.15) is 20.3 Å². The van der Waals surface area contributed by atoms with Gasteiger partial charge < -0.3 is 14.8 Å². The van der Waals surface area contributed by atoms with Crippen molar-refractivity contribution in [1.82, 2.24) is 24.7 Å². The fourth-order valence-electron chi connectivity index (χ4n) is 4.84. The molecule has 0 radical (unpaired) electrons. The van der Waals surface area contributed by atoms with Crippen molar-refractivity contribution in [1.29, 1.82) is 0 Å². The average molecular weight is 490 g/mol. The molecule has 0 bridgehead atoms. The topological polar surface area (TPSA) is 72.5 Å². The number of nitrogens with one attached hydrogen (secondary N) is 1. The SMILES string of the molecule is O=C(c1cc2ccc(-c3ccc(F)cc3)cc2[nH]1)N1CC(N2CCN(C(=O)c3nccs3)CC2)C1. The Hall–Kier alpha value is -3.56. The van der Waals surface area contributed by atoms with Gasteiger partial charge in [0.05, 0.1) is 0 Å². The zero-order valence-electron chi connectivity index (χ0n) is 19.0. The van der Waals surface area contributed by atoms with Crippen molar-refractivity contribution in [2.75, 3.05) is 39.3 Å². The number of fused-ring (bicyclic) bond motifs is 1. The Kier molecular flexibility index (Phi) is 5.58. The van der Waals surface area contributed by atoms with Crippen molar-refractivity contribution in [3.8, 4) is 11.1 Å². The van der Waals surface area contributed by atoms with E-state index in [1.807, 2.05) is 39.4 Å². The van der Waals surface area contributed by atoms with Crippen molar-refractivity contribution in [2.45, 2.75) is 6.04 Å². The second-order valence-electron chi connectivity index (χ2n) is 9.02. The number of hydrogen-bond donors (Lipinski definition) is 1. The summed E-state index contributed by atoms with van der Waals surface area (Å²) in [6.45, 7) is 4.36. The number of carbonyl (C=O) groups excluding carboxylic acids is 2. The summed E-state index contributed by atoms with van der Waals surface area (Å²) in [5.41, 5.74) is 3.35. The number of benzene rings is 2. The summed E-state index contributed by atoms with van der Waals surface area (Å²) in [7, 11) is 0. The zero-order chi connectivity index (χ0) is 23.9. The van der Waals surface area contributed by atoms with E-state index in [0.29, 0.717) is 42.9 Å². The van der Waals surface area contributed by atoms with Gasteiger partial charge in [0.15, 0.2) is 5.01 Å². The predicted molar refractivity (Wildman–Crippen MR) is 133 cm³/mol. The number of rotatable bonds is 4. The molecular formula is C26H24FN5O2S. The van der Waals surface area contributed by atoms with Crippen LogP contribution in [0.4, 0.5) is 4.39 Å². The van der Waals surface area contributed by atoms with Crippen LogP contribution < -0.4 is 0 Å². The normalized spacial score (nSPS) is 17.1. The van der Waals surface area contributed by atoms with Gasteiger partial charge in [-0.05, 0) is 35.4 Å². The number of thiazole rings is 1. The van der Waals surface area contributed by atoms with Gasteiger partial charge in [-0.3, -0.25) is 14.5 Å². The van der Waals surface area contributed by atoms with E-state index in [-0.39, 0.29) is 17.6 Å². The third kappa shape index (κ3) is 4.21. The van der Waals surface area contributed by atoms with Gasteiger partial charge >= 0.3 is 0 Å². The maximum atomic E-state index is 13.2. The van der Waals surface area contributed by atoms with Crippen LogP contribution in [0.3, 0.4) is 0 Å².